The van der Waals surface area contributed by atoms with E-state index in [-0.39, 0.29) is 0 Å². The maximum absolute atomic E-state index is 4.30. The van der Waals surface area contributed by atoms with Crippen molar-refractivity contribution in [1.82, 2.24) is 10.3 Å². The summed E-state index contributed by atoms with van der Waals surface area (Å²) < 4.78 is 0. The minimum absolute atomic E-state index is 0.657. The van der Waals surface area contributed by atoms with E-state index < -0.39 is 0 Å². The summed E-state index contributed by atoms with van der Waals surface area (Å²) in [6, 6.07) is 3.63. The molecular formula is C14H16N2. The van der Waals surface area contributed by atoms with Crippen LogP contribution >= 0.6 is 0 Å². The molecule has 2 bridgehead atoms. The largest absolute Gasteiger partial charge is 0.311 e. The number of hydrogen-bond acceptors (Lipinski definition) is 2. The number of nitrogens with zero attached hydrogens (tertiary/aromatic N) is 1. The summed E-state index contributed by atoms with van der Waals surface area (Å²) in [4.78, 5) is 4.30. The predicted molar refractivity (Wildman–Crippen MR) is 64.1 cm³/mol. The topological polar surface area (TPSA) is 24.9 Å². The van der Waals surface area contributed by atoms with E-state index in [9.17, 15) is 0 Å². The standard InChI is InChI=1S/C14H16N2/c1-2-3-10-6-11(9-15-8-10)13-7-12-4-5-14(13)16-12/h6,8-9,12-14,16H,4-5,7H2,1H3. The molecule has 3 unspecified atom stereocenters. The first kappa shape index (κ1) is 9.86. The van der Waals surface area contributed by atoms with Crippen LogP contribution in [0.2, 0.25) is 0 Å². The molecule has 1 aromatic rings. The van der Waals surface area contributed by atoms with Gasteiger partial charge in [-0.1, -0.05) is 5.92 Å². The van der Waals surface area contributed by atoms with Crippen LogP contribution in [-0.2, 0) is 0 Å². The first-order valence-corrected chi connectivity index (χ1v) is 6.00. The van der Waals surface area contributed by atoms with Crippen LogP contribution in [-0.4, -0.2) is 17.1 Å². The van der Waals surface area contributed by atoms with E-state index in [2.05, 4.69) is 28.2 Å². The van der Waals surface area contributed by atoms with Crippen LogP contribution in [0.15, 0.2) is 18.5 Å². The molecule has 3 heterocycles. The Labute approximate surface area is 96.5 Å². The zero-order valence-electron chi connectivity index (χ0n) is 9.53. The van der Waals surface area contributed by atoms with Gasteiger partial charge in [0.2, 0.25) is 0 Å². The summed E-state index contributed by atoms with van der Waals surface area (Å²) in [5, 5.41) is 3.66. The van der Waals surface area contributed by atoms with Gasteiger partial charge in [-0.15, -0.1) is 5.92 Å². The summed E-state index contributed by atoms with van der Waals surface area (Å²) >= 11 is 0. The Morgan fingerprint density at radius 3 is 3.00 bits per heavy atom. The fourth-order valence-corrected chi connectivity index (χ4v) is 3.07. The van der Waals surface area contributed by atoms with Gasteiger partial charge in [0.25, 0.3) is 0 Å². The summed E-state index contributed by atoms with van der Waals surface area (Å²) in [7, 11) is 0. The van der Waals surface area contributed by atoms with Gasteiger partial charge >= 0.3 is 0 Å². The molecule has 16 heavy (non-hydrogen) atoms. The van der Waals surface area contributed by atoms with Crippen LogP contribution in [0.1, 0.15) is 43.2 Å². The van der Waals surface area contributed by atoms with Crippen LogP contribution in [0.3, 0.4) is 0 Å². The first-order valence-electron chi connectivity index (χ1n) is 6.00. The molecule has 2 heteroatoms. The van der Waals surface area contributed by atoms with Gasteiger partial charge in [0.05, 0.1) is 0 Å². The van der Waals surface area contributed by atoms with E-state index in [1.807, 2.05) is 19.3 Å². The second-order valence-electron chi connectivity index (χ2n) is 4.77. The van der Waals surface area contributed by atoms with Crippen molar-refractivity contribution in [1.29, 1.82) is 0 Å². The van der Waals surface area contributed by atoms with Gasteiger partial charge in [0, 0.05) is 36.0 Å². The van der Waals surface area contributed by atoms with Crippen molar-refractivity contribution in [3.05, 3.63) is 29.6 Å². The monoisotopic (exact) mass is 212 g/mol. The highest BCUT2D eigenvalue weighted by molar-refractivity contribution is 5.36. The Morgan fingerprint density at radius 2 is 2.31 bits per heavy atom. The molecule has 2 saturated heterocycles. The maximum Gasteiger partial charge on any atom is 0.0431 e. The normalized spacial score (nSPS) is 31.2. The van der Waals surface area contributed by atoms with Crippen molar-refractivity contribution in [3.63, 3.8) is 0 Å². The fourth-order valence-electron chi connectivity index (χ4n) is 3.07. The molecule has 2 aliphatic rings. The molecule has 2 fully saturated rings. The molecule has 0 amide bonds. The van der Waals surface area contributed by atoms with Crippen molar-refractivity contribution in [2.24, 2.45) is 0 Å². The fraction of sp³-hybridized carbons (Fsp3) is 0.500. The van der Waals surface area contributed by atoms with Crippen molar-refractivity contribution < 1.29 is 0 Å². The van der Waals surface area contributed by atoms with E-state index in [0.717, 1.165) is 11.6 Å². The highest BCUT2D eigenvalue weighted by Crippen LogP contribution is 2.39. The quantitative estimate of drug-likeness (QED) is 0.721. The molecule has 82 valence electrons. The molecule has 0 aliphatic carbocycles. The van der Waals surface area contributed by atoms with Gasteiger partial charge in [-0.3, -0.25) is 4.98 Å². The van der Waals surface area contributed by atoms with Crippen LogP contribution in [0.25, 0.3) is 0 Å². The number of nitrogens with one attached hydrogen (secondary N) is 1. The Bertz CT molecular complexity index is 455. The number of aromatic nitrogens is 1. The van der Waals surface area contributed by atoms with Crippen LogP contribution in [0.4, 0.5) is 0 Å². The van der Waals surface area contributed by atoms with Crippen molar-refractivity contribution in [2.45, 2.75) is 44.2 Å². The average Bonchev–Trinajstić information content (AvgIpc) is 2.91. The second-order valence-corrected chi connectivity index (χ2v) is 4.77. The molecule has 2 nitrogen and oxygen atoms in total. The summed E-state index contributed by atoms with van der Waals surface area (Å²) in [5.41, 5.74) is 2.41. The Kier molecular flexibility index (Phi) is 2.41. The maximum atomic E-state index is 4.30. The molecule has 0 spiro atoms. The van der Waals surface area contributed by atoms with Crippen molar-refractivity contribution in [3.8, 4) is 11.8 Å². The van der Waals surface area contributed by atoms with E-state index in [1.165, 1.54) is 24.8 Å². The zero-order chi connectivity index (χ0) is 11.0. The smallest absolute Gasteiger partial charge is 0.0431 e. The highest BCUT2D eigenvalue weighted by Gasteiger charge is 2.39. The molecule has 3 atom stereocenters. The van der Waals surface area contributed by atoms with Gasteiger partial charge in [-0.05, 0) is 37.8 Å². The van der Waals surface area contributed by atoms with Crippen LogP contribution in [0, 0.1) is 11.8 Å². The number of hydrogen-bond donors (Lipinski definition) is 1. The van der Waals surface area contributed by atoms with E-state index in [4.69, 9.17) is 0 Å². The molecule has 2 aliphatic heterocycles. The predicted octanol–water partition coefficient (Wildman–Crippen LogP) is 2.06. The van der Waals surface area contributed by atoms with Crippen molar-refractivity contribution >= 4 is 0 Å². The lowest BCUT2D eigenvalue weighted by Crippen LogP contribution is -2.21. The molecule has 3 rings (SSSR count). The highest BCUT2D eigenvalue weighted by atomic mass is 15.0. The Hall–Kier alpha value is -1.33. The average molecular weight is 212 g/mol. The Balaban J connectivity index is 1.88. The summed E-state index contributed by atoms with van der Waals surface area (Å²) in [6.45, 7) is 1.87. The molecule has 1 aromatic heterocycles. The zero-order valence-corrected chi connectivity index (χ0v) is 9.53. The lowest BCUT2D eigenvalue weighted by molar-refractivity contribution is 0.505. The van der Waals surface area contributed by atoms with E-state index in [1.54, 1.807) is 0 Å². The van der Waals surface area contributed by atoms with Gasteiger partial charge in [-0.2, -0.15) is 0 Å². The van der Waals surface area contributed by atoms with Gasteiger partial charge in [-0.25, -0.2) is 0 Å². The lowest BCUT2D eigenvalue weighted by atomic mass is 9.84. The molecule has 0 saturated carbocycles. The SMILES string of the molecule is CC#Cc1cncc(C2CC3CCC2N3)c1. The second kappa shape index (κ2) is 3.92. The third-order valence-corrected chi connectivity index (χ3v) is 3.76. The lowest BCUT2D eigenvalue weighted by Gasteiger charge is -2.20. The molecule has 0 aromatic carbocycles. The third kappa shape index (κ3) is 1.62. The van der Waals surface area contributed by atoms with E-state index >= 15 is 0 Å². The molecule has 0 radical (unpaired) electrons. The molecular weight excluding hydrogens is 196 g/mol. The summed E-state index contributed by atoms with van der Waals surface area (Å²) in [5.74, 6) is 6.67. The van der Waals surface area contributed by atoms with Gasteiger partial charge in [0.1, 0.15) is 0 Å². The minimum Gasteiger partial charge on any atom is -0.311 e. The third-order valence-electron chi connectivity index (χ3n) is 3.76. The minimum atomic E-state index is 0.657. The van der Waals surface area contributed by atoms with Gasteiger partial charge < -0.3 is 5.32 Å². The molecule has 1 N–H and O–H groups in total. The van der Waals surface area contributed by atoms with Crippen LogP contribution < -0.4 is 5.32 Å². The number of fused-ring (bicyclic) bond motifs is 2. The van der Waals surface area contributed by atoms with Crippen LogP contribution in [0.5, 0.6) is 0 Å². The Morgan fingerprint density at radius 1 is 1.38 bits per heavy atom. The number of pyridine rings is 1. The number of rotatable bonds is 1. The van der Waals surface area contributed by atoms with Crippen molar-refractivity contribution in [2.75, 3.05) is 0 Å². The summed E-state index contributed by atoms with van der Waals surface area (Å²) in [6.07, 6.45) is 7.80. The van der Waals surface area contributed by atoms with Gasteiger partial charge in [0.15, 0.2) is 0 Å². The first-order chi connectivity index (χ1) is 7.86. The van der Waals surface area contributed by atoms with E-state index in [0.29, 0.717) is 12.0 Å².